The third-order valence-corrected chi connectivity index (χ3v) is 5.93. The molecule has 0 unspecified atom stereocenters. The molecule has 1 heterocycles. The Bertz CT molecular complexity index is 838. The molecule has 28 heavy (non-hydrogen) atoms. The molecule has 1 saturated heterocycles. The van der Waals surface area contributed by atoms with E-state index in [-0.39, 0.29) is 11.8 Å². The molecule has 0 bridgehead atoms. The van der Waals surface area contributed by atoms with Crippen LogP contribution >= 0.6 is 23.4 Å². The van der Waals surface area contributed by atoms with E-state index >= 15 is 0 Å². The minimum absolute atomic E-state index is 0.0103. The summed E-state index contributed by atoms with van der Waals surface area (Å²) in [6.07, 6.45) is 2.43. The number of carbonyl (C=O) groups excluding carboxylic acids is 2. The molecule has 2 aromatic carbocycles. The number of thioether (sulfide) groups is 1. The lowest BCUT2D eigenvalue weighted by Crippen LogP contribution is -2.49. The quantitative estimate of drug-likeness (QED) is 0.725. The first-order valence-corrected chi connectivity index (χ1v) is 10.9. The number of benzene rings is 2. The van der Waals surface area contributed by atoms with Crippen LogP contribution in [0.25, 0.3) is 0 Å². The van der Waals surface area contributed by atoms with E-state index in [1.807, 2.05) is 47.6 Å². The molecule has 0 radical (unpaired) electrons. The summed E-state index contributed by atoms with van der Waals surface area (Å²) in [5.74, 6) is -0.0206. The average Bonchev–Trinajstić information content (AvgIpc) is 2.73. The summed E-state index contributed by atoms with van der Waals surface area (Å²) in [6, 6.07) is 14.9. The monoisotopic (exact) mass is 417 g/mol. The lowest BCUT2D eigenvalue weighted by molar-refractivity contribution is -0.116. The fourth-order valence-electron chi connectivity index (χ4n) is 3.20. The van der Waals surface area contributed by atoms with Crippen LogP contribution in [0.1, 0.15) is 16.8 Å². The van der Waals surface area contributed by atoms with Crippen LogP contribution in [-0.2, 0) is 4.79 Å². The van der Waals surface area contributed by atoms with E-state index in [0.29, 0.717) is 36.6 Å². The largest absolute Gasteiger partial charge is 0.336 e. The second-order valence-electron chi connectivity index (χ2n) is 6.61. The Morgan fingerprint density at radius 2 is 1.71 bits per heavy atom. The average molecular weight is 418 g/mol. The molecular formula is C21H24ClN3O2S. The summed E-state index contributed by atoms with van der Waals surface area (Å²) in [6.45, 7) is 3.47. The van der Waals surface area contributed by atoms with Crippen molar-refractivity contribution in [1.82, 2.24) is 9.80 Å². The summed E-state index contributed by atoms with van der Waals surface area (Å²) in [7, 11) is 0. The Balaban J connectivity index is 1.45. The smallest absolute Gasteiger partial charge is 0.255 e. The number of piperazine rings is 1. The number of carbonyl (C=O) groups is 2. The van der Waals surface area contributed by atoms with Crippen LogP contribution in [0.4, 0.5) is 5.69 Å². The topological polar surface area (TPSA) is 52.7 Å². The van der Waals surface area contributed by atoms with Gasteiger partial charge < -0.3 is 10.2 Å². The summed E-state index contributed by atoms with van der Waals surface area (Å²) in [5, 5.41) is 3.47. The van der Waals surface area contributed by atoms with Crippen molar-refractivity contribution < 1.29 is 9.59 Å². The van der Waals surface area contributed by atoms with Crippen LogP contribution < -0.4 is 5.32 Å². The molecular weight excluding hydrogens is 394 g/mol. The summed E-state index contributed by atoms with van der Waals surface area (Å²) >= 11 is 7.75. The fourth-order valence-corrected chi connectivity index (χ4v) is 3.97. The Morgan fingerprint density at radius 1 is 1.04 bits per heavy atom. The molecule has 2 amide bonds. The molecule has 0 aliphatic carbocycles. The van der Waals surface area contributed by atoms with Crippen LogP contribution in [-0.4, -0.2) is 60.6 Å². The maximum absolute atomic E-state index is 12.6. The Hall–Kier alpha value is -2.02. The van der Waals surface area contributed by atoms with E-state index in [1.165, 1.54) is 0 Å². The molecule has 1 aliphatic rings. The van der Waals surface area contributed by atoms with Crippen LogP contribution in [0, 0.1) is 0 Å². The molecule has 3 rings (SSSR count). The van der Waals surface area contributed by atoms with E-state index in [2.05, 4.69) is 10.2 Å². The SMILES string of the molecule is CSc1ccccc1NC(=O)CCN1CCN(C(=O)c2ccccc2Cl)CC1. The van der Waals surface area contributed by atoms with E-state index in [0.717, 1.165) is 23.7 Å². The maximum Gasteiger partial charge on any atom is 0.255 e. The van der Waals surface area contributed by atoms with Crippen molar-refractivity contribution in [1.29, 1.82) is 0 Å². The van der Waals surface area contributed by atoms with Gasteiger partial charge >= 0.3 is 0 Å². The van der Waals surface area contributed by atoms with Crippen LogP contribution in [0.15, 0.2) is 53.4 Å². The van der Waals surface area contributed by atoms with Gasteiger partial charge in [0.2, 0.25) is 5.91 Å². The predicted molar refractivity (Wildman–Crippen MR) is 115 cm³/mol. The normalized spacial score (nSPS) is 14.7. The third kappa shape index (κ3) is 5.28. The highest BCUT2D eigenvalue weighted by Crippen LogP contribution is 2.24. The zero-order valence-corrected chi connectivity index (χ0v) is 17.4. The minimum Gasteiger partial charge on any atom is -0.336 e. The van der Waals surface area contributed by atoms with Gasteiger partial charge in [0.1, 0.15) is 0 Å². The van der Waals surface area contributed by atoms with Crippen LogP contribution in [0.5, 0.6) is 0 Å². The zero-order valence-electron chi connectivity index (χ0n) is 15.9. The van der Waals surface area contributed by atoms with Crippen molar-refractivity contribution >= 4 is 40.9 Å². The first kappa shape index (κ1) is 20.7. The summed E-state index contributed by atoms with van der Waals surface area (Å²) in [4.78, 5) is 30.0. The molecule has 1 N–H and O–H groups in total. The number of hydrogen-bond acceptors (Lipinski definition) is 4. The van der Waals surface area contributed by atoms with Crippen molar-refractivity contribution in [3.05, 3.63) is 59.1 Å². The predicted octanol–water partition coefficient (Wildman–Crippen LogP) is 3.85. The van der Waals surface area contributed by atoms with Crippen molar-refractivity contribution in [2.24, 2.45) is 0 Å². The van der Waals surface area contributed by atoms with Crippen molar-refractivity contribution in [3.8, 4) is 0 Å². The van der Waals surface area contributed by atoms with Gasteiger partial charge in [-0.15, -0.1) is 11.8 Å². The number of nitrogens with one attached hydrogen (secondary N) is 1. The second kappa shape index (κ2) is 9.96. The Labute approximate surface area is 175 Å². The highest BCUT2D eigenvalue weighted by Gasteiger charge is 2.23. The van der Waals surface area contributed by atoms with Gasteiger partial charge in [-0.2, -0.15) is 0 Å². The van der Waals surface area contributed by atoms with Crippen LogP contribution in [0.2, 0.25) is 5.02 Å². The lowest BCUT2D eigenvalue weighted by Gasteiger charge is -2.34. The number of para-hydroxylation sites is 1. The van der Waals surface area contributed by atoms with E-state index < -0.39 is 0 Å². The third-order valence-electron chi connectivity index (χ3n) is 4.80. The molecule has 0 spiro atoms. The number of nitrogens with zero attached hydrogens (tertiary/aromatic N) is 2. The first-order chi connectivity index (χ1) is 13.6. The minimum atomic E-state index is -0.0309. The van der Waals surface area contributed by atoms with Gasteiger partial charge in [0.05, 0.1) is 16.3 Å². The molecule has 1 fully saturated rings. The summed E-state index contributed by atoms with van der Waals surface area (Å²) < 4.78 is 0. The van der Waals surface area contributed by atoms with E-state index in [1.54, 1.807) is 23.9 Å². The van der Waals surface area contributed by atoms with Crippen LogP contribution in [0.3, 0.4) is 0 Å². The number of halogens is 1. The Kier molecular flexibility index (Phi) is 7.36. The molecule has 0 saturated carbocycles. The van der Waals surface area contributed by atoms with Crippen molar-refractivity contribution in [2.45, 2.75) is 11.3 Å². The highest BCUT2D eigenvalue weighted by atomic mass is 35.5. The van der Waals surface area contributed by atoms with E-state index in [4.69, 9.17) is 11.6 Å². The zero-order chi connectivity index (χ0) is 19.9. The molecule has 5 nitrogen and oxygen atoms in total. The van der Waals surface area contributed by atoms with E-state index in [9.17, 15) is 9.59 Å². The molecule has 0 aromatic heterocycles. The molecule has 7 heteroatoms. The van der Waals surface area contributed by atoms with Gasteiger partial charge in [-0.3, -0.25) is 14.5 Å². The fraction of sp³-hybridized carbons (Fsp3) is 0.333. The lowest BCUT2D eigenvalue weighted by atomic mass is 10.1. The second-order valence-corrected chi connectivity index (χ2v) is 7.87. The first-order valence-electron chi connectivity index (χ1n) is 9.27. The van der Waals surface area contributed by atoms with Gasteiger partial charge in [0, 0.05) is 44.0 Å². The van der Waals surface area contributed by atoms with Gasteiger partial charge in [0.25, 0.3) is 5.91 Å². The number of hydrogen-bond donors (Lipinski definition) is 1. The molecule has 2 aromatic rings. The van der Waals surface area contributed by atoms with Gasteiger partial charge in [-0.25, -0.2) is 0 Å². The van der Waals surface area contributed by atoms with Crippen molar-refractivity contribution in [2.75, 3.05) is 44.3 Å². The highest BCUT2D eigenvalue weighted by molar-refractivity contribution is 7.98. The number of anilines is 1. The van der Waals surface area contributed by atoms with Gasteiger partial charge in [-0.1, -0.05) is 35.9 Å². The molecule has 1 aliphatic heterocycles. The molecule has 0 atom stereocenters. The number of amides is 2. The maximum atomic E-state index is 12.6. The van der Waals surface area contributed by atoms with Crippen molar-refractivity contribution in [3.63, 3.8) is 0 Å². The Morgan fingerprint density at radius 3 is 2.43 bits per heavy atom. The summed E-state index contributed by atoms with van der Waals surface area (Å²) in [5.41, 5.74) is 1.40. The molecule has 148 valence electrons. The van der Waals surface area contributed by atoms with Gasteiger partial charge in [-0.05, 0) is 30.5 Å². The number of rotatable bonds is 6. The standard InChI is InChI=1S/C21H24ClN3O2S/c1-28-19-9-5-4-8-18(19)23-20(26)10-11-24-12-14-25(15-13-24)21(27)16-6-2-3-7-17(16)22/h2-9H,10-15H2,1H3,(H,23,26). The van der Waals surface area contributed by atoms with Gasteiger partial charge in [0.15, 0.2) is 0 Å².